The molecule has 176 valence electrons. The second-order valence-electron chi connectivity index (χ2n) is 8.30. The second kappa shape index (κ2) is 9.15. The van der Waals surface area contributed by atoms with E-state index >= 15 is 0 Å². The number of carbonyl (C=O) groups is 1. The number of sulfonamides is 1. The lowest BCUT2D eigenvalue weighted by Crippen LogP contribution is -2.22. The van der Waals surface area contributed by atoms with Crippen molar-refractivity contribution in [3.05, 3.63) is 58.9 Å². The minimum atomic E-state index is -4.21. The fraction of sp³-hybridized carbons (Fsp3) is 0.375. The third-order valence-corrected chi connectivity index (χ3v) is 7.67. The van der Waals surface area contributed by atoms with Gasteiger partial charge in [-0.2, -0.15) is 0 Å². The van der Waals surface area contributed by atoms with Gasteiger partial charge in [0.05, 0.1) is 17.2 Å². The normalized spacial score (nSPS) is 19.2. The van der Waals surface area contributed by atoms with Crippen LogP contribution >= 0.6 is 0 Å². The lowest BCUT2D eigenvalue weighted by Gasteiger charge is -2.21. The van der Waals surface area contributed by atoms with E-state index < -0.39 is 21.8 Å². The van der Waals surface area contributed by atoms with E-state index in [0.717, 1.165) is 37.2 Å². The Labute approximate surface area is 192 Å². The summed E-state index contributed by atoms with van der Waals surface area (Å²) in [6.07, 6.45) is 4.29. The molecule has 0 aromatic heterocycles. The molecule has 0 saturated heterocycles. The van der Waals surface area contributed by atoms with Crippen LogP contribution in [0.25, 0.3) is 6.08 Å². The molecule has 0 bridgehead atoms. The summed E-state index contributed by atoms with van der Waals surface area (Å²) in [4.78, 5) is 14.0. The zero-order valence-electron chi connectivity index (χ0n) is 18.5. The summed E-state index contributed by atoms with van der Waals surface area (Å²) in [5.41, 5.74) is 0.694. The molecule has 1 aliphatic heterocycles. The van der Waals surface area contributed by atoms with Gasteiger partial charge in [0.15, 0.2) is 0 Å². The Hall–Kier alpha value is -2.91. The first-order valence-electron chi connectivity index (χ1n) is 11.0. The molecule has 1 heterocycles. The molecule has 2 aromatic carbocycles. The summed E-state index contributed by atoms with van der Waals surface area (Å²) in [5, 5.41) is 9.81. The molecule has 0 radical (unpaired) electrons. The molecule has 1 aliphatic carbocycles. The van der Waals surface area contributed by atoms with Crippen LogP contribution in [0.15, 0.2) is 41.3 Å². The van der Waals surface area contributed by atoms with Crippen molar-refractivity contribution in [3.8, 4) is 5.75 Å². The Kier molecular flexibility index (Phi) is 6.45. The van der Waals surface area contributed by atoms with Crippen LogP contribution in [0.2, 0.25) is 0 Å². The van der Waals surface area contributed by atoms with Gasteiger partial charge >= 0.3 is 5.97 Å². The van der Waals surface area contributed by atoms with Crippen LogP contribution in [0.5, 0.6) is 5.75 Å². The van der Waals surface area contributed by atoms with E-state index in [0.29, 0.717) is 19.1 Å². The Morgan fingerprint density at radius 2 is 2.03 bits per heavy atom. The first-order chi connectivity index (χ1) is 15.7. The van der Waals surface area contributed by atoms with Crippen LogP contribution in [0, 0.1) is 11.7 Å². The summed E-state index contributed by atoms with van der Waals surface area (Å²) in [7, 11) is -4.21. The number of ether oxygens (including phenoxy) is 1. The van der Waals surface area contributed by atoms with Crippen molar-refractivity contribution in [1.29, 1.82) is 0 Å². The summed E-state index contributed by atoms with van der Waals surface area (Å²) < 4.78 is 48.5. The van der Waals surface area contributed by atoms with Crippen molar-refractivity contribution in [2.75, 3.05) is 31.0 Å². The Morgan fingerprint density at radius 1 is 1.27 bits per heavy atom. The zero-order chi connectivity index (χ0) is 23.8. The minimum absolute atomic E-state index is 0.0808. The first-order valence-corrected chi connectivity index (χ1v) is 12.5. The van der Waals surface area contributed by atoms with Gasteiger partial charge in [0.2, 0.25) is 0 Å². The number of carboxylic acids is 1. The number of fused-ring (bicyclic) bond motifs is 3. The van der Waals surface area contributed by atoms with Gasteiger partial charge in [-0.15, -0.1) is 0 Å². The van der Waals surface area contributed by atoms with E-state index in [-0.39, 0.29) is 33.4 Å². The third kappa shape index (κ3) is 4.74. The number of nitrogens with one attached hydrogen (secondary N) is 1. The standard InChI is InChI=1S/C24H27FN2O5S/c1-3-27(4-2)11-5-6-15-12-17(25)7-10-21(15)33(30,31)26-20-9-8-18-19-13-16(19)14-32-23(18)22(20)24(28)29/h5-10,12,16,19,26H,3-4,11,13-14H2,1-2H3,(H,28,29)/t16-,19-/m1/s1. The van der Waals surface area contributed by atoms with Crippen LogP contribution in [-0.4, -0.2) is 50.6 Å². The highest BCUT2D eigenvalue weighted by molar-refractivity contribution is 7.92. The van der Waals surface area contributed by atoms with Crippen molar-refractivity contribution in [1.82, 2.24) is 4.90 Å². The van der Waals surface area contributed by atoms with E-state index in [1.54, 1.807) is 18.2 Å². The monoisotopic (exact) mass is 474 g/mol. The summed E-state index contributed by atoms with van der Waals surface area (Å²) >= 11 is 0. The van der Waals surface area contributed by atoms with Crippen molar-refractivity contribution < 1.29 is 27.4 Å². The Morgan fingerprint density at radius 3 is 2.73 bits per heavy atom. The lowest BCUT2D eigenvalue weighted by atomic mass is 10.0. The van der Waals surface area contributed by atoms with Crippen LogP contribution in [0.3, 0.4) is 0 Å². The van der Waals surface area contributed by atoms with Gasteiger partial charge in [0.1, 0.15) is 17.1 Å². The number of anilines is 1. The highest BCUT2D eigenvalue weighted by Crippen LogP contribution is 2.55. The Bertz CT molecular complexity index is 1210. The molecule has 1 fully saturated rings. The molecular formula is C24H27FN2O5S. The fourth-order valence-electron chi connectivity index (χ4n) is 4.25. The predicted octanol–water partition coefficient (Wildman–Crippen LogP) is 4.18. The second-order valence-corrected chi connectivity index (χ2v) is 9.95. The van der Waals surface area contributed by atoms with Crippen molar-refractivity contribution >= 4 is 27.8 Å². The van der Waals surface area contributed by atoms with Gasteiger partial charge < -0.3 is 14.7 Å². The Balaban J connectivity index is 1.68. The number of halogens is 1. The molecule has 0 unspecified atom stereocenters. The van der Waals surface area contributed by atoms with E-state index in [9.17, 15) is 22.7 Å². The number of likely N-dealkylation sites (N-methyl/N-ethyl adjacent to an activating group) is 1. The zero-order valence-corrected chi connectivity index (χ0v) is 19.4. The molecule has 9 heteroatoms. The van der Waals surface area contributed by atoms with E-state index in [1.807, 2.05) is 13.8 Å². The maximum atomic E-state index is 13.9. The van der Waals surface area contributed by atoms with Crippen LogP contribution < -0.4 is 9.46 Å². The van der Waals surface area contributed by atoms with Crippen molar-refractivity contribution in [3.63, 3.8) is 0 Å². The number of hydrogen-bond acceptors (Lipinski definition) is 5. The molecule has 4 rings (SSSR count). The van der Waals surface area contributed by atoms with Gasteiger partial charge in [0.25, 0.3) is 10.0 Å². The first kappa shape index (κ1) is 23.3. The minimum Gasteiger partial charge on any atom is -0.492 e. The summed E-state index contributed by atoms with van der Waals surface area (Å²) in [6, 6.07) is 6.58. The molecular weight excluding hydrogens is 447 g/mol. The van der Waals surface area contributed by atoms with E-state index in [1.165, 1.54) is 12.1 Å². The van der Waals surface area contributed by atoms with Gasteiger partial charge in [-0.1, -0.05) is 32.1 Å². The van der Waals surface area contributed by atoms with Crippen LogP contribution in [-0.2, 0) is 10.0 Å². The molecule has 33 heavy (non-hydrogen) atoms. The maximum Gasteiger partial charge on any atom is 0.341 e. The number of rotatable bonds is 9. The number of aromatic carboxylic acids is 1. The molecule has 1 saturated carbocycles. The molecule has 2 atom stereocenters. The average Bonchev–Trinajstić information content (AvgIpc) is 3.56. The molecule has 7 nitrogen and oxygen atoms in total. The molecule has 0 amide bonds. The number of nitrogens with zero attached hydrogens (tertiary/aromatic N) is 1. The fourth-order valence-corrected chi connectivity index (χ4v) is 5.51. The largest absolute Gasteiger partial charge is 0.492 e. The van der Waals surface area contributed by atoms with Crippen molar-refractivity contribution in [2.45, 2.75) is 31.1 Å². The van der Waals surface area contributed by atoms with Crippen LogP contribution in [0.4, 0.5) is 10.1 Å². The molecule has 2 aliphatic rings. The van der Waals surface area contributed by atoms with Gasteiger partial charge in [-0.25, -0.2) is 17.6 Å². The average molecular weight is 475 g/mol. The number of hydrogen-bond donors (Lipinski definition) is 2. The van der Waals surface area contributed by atoms with E-state index in [2.05, 4.69) is 9.62 Å². The van der Waals surface area contributed by atoms with Gasteiger partial charge in [-0.3, -0.25) is 4.72 Å². The number of carboxylic acid groups (broad SMARTS) is 1. The van der Waals surface area contributed by atoms with Gasteiger partial charge in [-0.05, 0) is 60.8 Å². The molecule has 0 spiro atoms. The molecule has 2 aromatic rings. The highest BCUT2D eigenvalue weighted by Gasteiger charge is 2.45. The maximum absolute atomic E-state index is 13.9. The van der Waals surface area contributed by atoms with Crippen molar-refractivity contribution in [2.24, 2.45) is 5.92 Å². The quantitative estimate of drug-likeness (QED) is 0.566. The molecule has 2 N–H and O–H groups in total. The third-order valence-electron chi connectivity index (χ3n) is 6.23. The summed E-state index contributed by atoms with van der Waals surface area (Å²) in [5.74, 6) is -0.963. The SMILES string of the molecule is CCN(CC)CC=Cc1cc(F)ccc1S(=O)(=O)Nc1ccc2c(c1C(=O)O)OC[C@H]1C[C@@H]21. The smallest absolute Gasteiger partial charge is 0.341 e. The lowest BCUT2D eigenvalue weighted by molar-refractivity contribution is 0.0692. The predicted molar refractivity (Wildman–Crippen MR) is 124 cm³/mol. The van der Waals surface area contributed by atoms with E-state index in [4.69, 9.17) is 4.74 Å². The summed E-state index contributed by atoms with van der Waals surface area (Å²) in [6.45, 7) is 6.71. The highest BCUT2D eigenvalue weighted by atomic mass is 32.2. The van der Waals surface area contributed by atoms with Crippen LogP contribution in [0.1, 0.15) is 47.7 Å². The topological polar surface area (TPSA) is 95.9 Å². The number of benzene rings is 2. The van der Waals surface area contributed by atoms with Gasteiger partial charge in [0, 0.05) is 12.5 Å².